The molecule has 0 aliphatic rings. The average molecular weight is 208 g/mol. The zero-order valence-corrected chi connectivity index (χ0v) is 9.80. The van der Waals surface area contributed by atoms with Gasteiger partial charge >= 0.3 is 0 Å². The standard InChI is InChI=1S/C11H20N4/c1-4-6-7-10-13-8(3)9(5-2)11(14-10)15-12/h4-7,12H2,1-3H3,(H,13,14,15). The van der Waals surface area contributed by atoms with Crippen molar-refractivity contribution in [3.63, 3.8) is 0 Å². The van der Waals surface area contributed by atoms with Crippen molar-refractivity contribution in [3.05, 3.63) is 17.1 Å². The van der Waals surface area contributed by atoms with Gasteiger partial charge < -0.3 is 5.43 Å². The van der Waals surface area contributed by atoms with Crippen LogP contribution in [-0.2, 0) is 12.8 Å². The SMILES string of the molecule is CCCCc1nc(C)c(CC)c(NN)n1. The second-order valence-electron chi connectivity index (χ2n) is 3.65. The predicted molar refractivity (Wildman–Crippen MR) is 62.6 cm³/mol. The number of nitrogens with zero attached hydrogens (tertiary/aromatic N) is 2. The van der Waals surface area contributed by atoms with Crippen LogP contribution >= 0.6 is 0 Å². The maximum atomic E-state index is 5.45. The first-order valence-corrected chi connectivity index (χ1v) is 5.55. The number of anilines is 1. The van der Waals surface area contributed by atoms with Crippen molar-refractivity contribution >= 4 is 5.82 Å². The molecule has 0 aliphatic carbocycles. The van der Waals surface area contributed by atoms with Gasteiger partial charge in [0.05, 0.1) is 0 Å². The van der Waals surface area contributed by atoms with Crippen LogP contribution in [-0.4, -0.2) is 9.97 Å². The van der Waals surface area contributed by atoms with Crippen LogP contribution in [0.3, 0.4) is 0 Å². The van der Waals surface area contributed by atoms with E-state index in [-0.39, 0.29) is 0 Å². The summed E-state index contributed by atoms with van der Waals surface area (Å²) in [4.78, 5) is 8.90. The van der Waals surface area contributed by atoms with Gasteiger partial charge in [-0.15, -0.1) is 0 Å². The van der Waals surface area contributed by atoms with Crippen LogP contribution < -0.4 is 11.3 Å². The topological polar surface area (TPSA) is 63.8 Å². The molecule has 0 atom stereocenters. The van der Waals surface area contributed by atoms with Crippen LogP contribution in [0.4, 0.5) is 5.82 Å². The molecule has 84 valence electrons. The molecule has 0 aliphatic heterocycles. The van der Waals surface area contributed by atoms with Gasteiger partial charge in [0.1, 0.15) is 11.6 Å². The van der Waals surface area contributed by atoms with Crippen LogP contribution in [0.2, 0.25) is 0 Å². The number of unbranched alkanes of at least 4 members (excludes halogenated alkanes) is 1. The Morgan fingerprint density at radius 1 is 1.27 bits per heavy atom. The highest BCUT2D eigenvalue weighted by Gasteiger charge is 2.08. The maximum Gasteiger partial charge on any atom is 0.147 e. The van der Waals surface area contributed by atoms with Gasteiger partial charge in [-0.25, -0.2) is 15.8 Å². The molecule has 1 aromatic rings. The fraction of sp³-hybridized carbons (Fsp3) is 0.636. The number of hydrogen-bond donors (Lipinski definition) is 2. The van der Waals surface area contributed by atoms with Gasteiger partial charge in [-0.3, -0.25) is 0 Å². The predicted octanol–water partition coefficient (Wildman–Crippen LogP) is 1.98. The highest BCUT2D eigenvalue weighted by molar-refractivity contribution is 5.45. The molecule has 0 unspecified atom stereocenters. The molecule has 4 nitrogen and oxygen atoms in total. The van der Waals surface area contributed by atoms with Gasteiger partial charge in [0.25, 0.3) is 0 Å². The fourth-order valence-electron chi connectivity index (χ4n) is 1.64. The smallest absolute Gasteiger partial charge is 0.147 e. The Kier molecular flexibility index (Phi) is 4.49. The lowest BCUT2D eigenvalue weighted by Gasteiger charge is -2.10. The third kappa shape index (κ3) is 2.89. The summed E-state index contributed by atoms with van der Waals surface area (Å²) < 4.78 is 0. The zero-order chi connectivity index (χ0) is 11.3. The number of nitrogens with one attached hydrogen (secondary N) is 1. The van der Waals surface area contributed by atoms with Crippen molar-refractivity contribution in [3.8, 4) is 0 Å². The number of aromatic nitrogens is 2. The first-order valence-electron chi connectivity index (χ1n) is 5.55. The number of hydrogen-bond acceptors (Lipinski definition) is 4. The van der Waals surface area contributed by atoms with Gasteiger partial charge in [-0.1, -0.05) is 20.3 Å². The third-order valence-electron chi connectivity index (χ3n) is 2.50. The van der Waals surface area contributed by atoms with Gasteiger partial charge in [0.2, 0.25) is 0 Å². The molecule has 0 spiro atoms. The number of aryl methyl sites for hydroxylation is 2. The zero-order valence-electron chi connectivity index (χ0n) is 9.80. The van der Waals surface area contributed by atoms with Gasteiger partial charge in [0, 0.05) is 17.7 Å². The Labute approximate surface area is 91.3 Å². The Hall–Kier alpha value is -1.16. The average Bonchev–Trinajstić information content (AvgIpc) is 2.25. The minimum atomic E-state index is 0.774. The summed E-state index contributed by atoms with van der Waals surface area (Å²) in [5.41, 5.74) is 4.80. The quantitative estimate of drug-likeness (QED) is 0.573. The number of rotatable bonds is 5. The second kappa shape index (κ2) is 5.66. The lowest BCUT2D eigenvalue weighted by atomic mass is 10.1. The normalized spacial score (nSPS) is 10.4. The summed E-state index contributed by atoms with van der Waals surface area (Å²) in [5.74, 6) is 7.11. The molecule has 0 radical (unpaired) electrons. The number of nitrogen functional groups attached to an aromatic ring is 1. The van der Waals surface area contributed by atoms with E-state index in [1.54, 1.807) is 0 Å². The van der Waals surface area contributed by atoms with Crippen LogP contribution in [0.25, 0.3) is 0 Å². The maximum absolute atomic E-state index is 5.45. The molecule has 1 rings (SSSR count). The first-order chi connectivity index (χ1) is 7.22. The summed E-state index contributed by atoms with van der Waals surface area (Å²) in [6, 6.07) is 0. The van der Waals surface area contributed by atoms with E-state index >= 15 is 0 Å². The highest BCUT2D eigenvalue weighted by Crippen LogP contribution is 2.16. The van der Waals surface area contributed by atoms with Gasteiger partial charge in [-0.05, 0) is 19.8 Å². The third-order valence-corrected chi connectivity index (χ3v) is 2.50. The van der Waals surface area contributed by atoms with E-state index in [1.165, 1.54) is 0 Å². The van der Waals surface area contributed by atoms with E-state index < -0.39 is 0 Å². The van der Waals surface area contributed by atoms with Gasteiger partial charge in [0.15, 0.2) is 0 Å². The highest BCUT2D eigenvalue weighted by atomic mass is 15.3. The van der Waals surface area contributed by atoms with Crippen LogP contribution in [0.1, 0.15) is 43.8 Å². The van der Waals surface area contributed by atoms with Crippen LogP contribution in [0.15, 0.2) is 0 Å². The molecule has 0 amide bonds. The summed E-state index contributed by atoms with van der Waals surface area (Å²) >= 11 is 0. The van der Waals surface area contributed by atoms with Crippen LogP contribution in [0, 0.1) is 6.92 Å². The van der Waals surface area contributed by atoms with Crippen molar-refractivity contribution < 1.29 is 0 Å². The van der Waals surface area contributed by atoms with Crippen molar-refractivity contribution in [1.29, 1.82) is 0 Å². The molecule has 4 heteroatoms. The van der Waals surface area contributed by atoms with Crippen molar-refractivity contribution in [2.45, 2.75) is 46.5 Å². The molecule has 15 heavy (non-hydrogen) atoms. The monoisotopic (exact) mass is 208 g/mol. The Morgan fingerprint density at radius 2 is 2.00 bits per heavy atom. The van der Waals surface area contributed by atoms with E-state index in [2.05, 4.69) is 29.2 Å². The minimum Gasteiger partial charge on any atom is -0.308 e. The van der Waals surface area contributed by atoms with Gasteiger partial charge in [-0.2, -0.15) is 0 Å². The molecular formula is C11H20N4. The van der Waals surface area contributed by atoms with Crippen LogP contribution in [0.5, 0.6) is 0 Å². The number of hydrazine groups is 1. The second-order valence-corrected chi connectivity index (χ2v) is 3.65. The van der Waals surface area contributed by atoms with Crippen molar-refractivity contribution in [2.75, 3.05) is 5.43 Å². The Bertz CT molecular complexity index is 323. The van der Waals surface area contributed by atoms with E-state index in [0.717, 1.165) is 48.6 Å². The minimum absolute atomic E-state index is 0.774. The summed E-state index contributed by atoms with van der Waals surface area (Å²) in [7, 11) is 0. The van der Waals surface area contributed by atoms with E-state index in [9.17, 15) is 0 Å². The van der Waals surface area contributed by atoms with Crippen molar-refractivity contribution in [1.82, 2.24) is 9.97 Å². The molecule has 0 saturated carbocycles. The summed E-state index contributed by atoms with van der Waals surface area (Å²) in [5, 5.41) is 0. The molecule has 0 fully saturated rings. The lowest BCUT2D eigenvalue weighted by molar-refractivity contribution is 0.744. The van der Waals surface area contributed by atoms with Crippen molar-refractivity contribution in [2.24, 2.45) is 5.84 Å². The molecule has 0 aromatic carbocycles. The van der Waals surface area contributed by atoms with E-state index in [0.29, 0.717) is 0 Å². The largest absolute Gasteiger partial charge is 0.308 e. The molecule has 1 aromatic heterocycles. The first kappa shape index (κ1) is 11.9. The van der Waals surface area contributed by atoms with E-state index in [1.807, 2.05) is 6.92 Å². The fourth-order valence-corrected chi connectivity index (χ4v) is 1.64. The van der Waals surface area contributed by atoms with E-state index in [4.69, 9.17) is 5.84 Å². The Balaban J connectivity index is 2.97. The molecule has 0 bridgehead atoms. The number of nitrogens with two attached hydrogens (primary N) is 1. The summed E-state index contributed by atoms with van der Waals surface area (Å²) in [6.07, 6.45) is 4.10. The molecular weight excluding hydrogens is 188 g/mol. The lowest BCUT2D eigenvalue weighted by Crippen LogP contribution is -2.14. The summed E-state index contributed by atoms with van der Waals surface area (Å²) in [6.45, 7) is 6.25. The Morgan fingerprint density at radius 3 is 2.53 bits per heavy atom. The molecule has 0 saturated heterocycles. The molecule has 1 heterocycles. The molecule has 3 N–H and O–H groups in total.